The number of hydrogen-bond acceptors (Lipinski definition) is 3. The molecule has 3 heteroatoms. The van der Waals surface area contributed by atoms with Gasteiger partial charge in [-0.1, -0.05) is 103 Å². The Bertz CT molecular complexity index is 349. The zero-order valence-corrected chi connectivity index (χ0v) is 18.2. The van der Waals surface area contributed by atoms with Crippen LogP contribution in [0.1, 0.15) is 122 Å². The maximum atomic E-state index is 8.71. The van der Waals surface area contributed by atoms with Crippen molar-refractivity contribution in [3.05, 3.63) is 0 Å². The Hall–Kier alpha value is -1.06. The van der Waals surface area contributed by atoms with Crippen LogP contribution in [0.25, 0.3) is 0 Å². The number of nitrogens with zero attached hydrogens (tertiary/aromatic N) is 3. The van der Waals surface area contributed by atoms with E-state index in [0.29, 0.717) is 12.8 Å². The van der Waals surface area contributed by atoms with Crippen molar-refractivity contribution in [2.75, 3.05) is 19.6 Å². The van der Waals surface area contributed by atoms with Gasteiger partial charge in [-0.05, 0) is 13.0 Å². The molecule has 0 aromatic rings. The van der Waals surface area contributed by atoms with Crippen molar-refractivity contribution in [1.29, 1.82) is 10.5 Å². The molecule has 0 unspecified atom stereocenters. The first-order chi connectivity index (χ1) is 13.3. The fourth-order valence-electron chi connectivity index (χ4n) is 3.64. The lowest BCUT2D eigenvalue weighted by Gasteiger charge is -2.19. The molecule has 0 spiro atoms. The summed E-state index contributed by atoms with van der Waals surface area (Å²) < 4.78 is 0. The van der Waals surface area contributed by atoms with Gasteiger partial charge < -0.3 is 4.90 Å². The summed E-state index contributed by atoms with van der Waals surface area (Å²) in [6.45, 7) is 4.96. The van der Waals surface area contributed by atoms with E-state index >= 15 is 0 Å². The molecule has 0 aromatic carbocycles. The number of hydrogen-bond donors (Lipinski definition) is 0. The first-order valence-electron chi connectivity index (χ1n) is 11.8. The van der Waals surface area contributed by atoms with Crippen LogP contribution >= 0.6 is 0 Å². The van der Waals surface area contributed by atoms with Gasteiger partial charge in [0.1, 0.15) is 0 Å². The average Bonchev–Trinajstić information content (AvgIpc) is 2.69. The molecule has 0 atom stereocenters. The number of unbranched alkanes of at least 4 members (excludes halogenated alkanes) is 15. The summed E-state index contributed by atoms with van der Waals surface area (Å²) in [5, 5.41) is 17.4. The van der Waals surface area contributed by atoms with Crippen LogP contribution < -0.4 is 0 Å². The first kappa shape index (κ1) is 25.9. The fraction of sp³-hybridized carbons (Fsp3) is 0.917. The van der Waals surface area contributed by atoms with Crippen molar-refractivity contribution >= 4 is 0 Å². The summed E-state index contributed by atoms with van der Waals surface area (Å²) in [4.78, 5) is 2.27. The van der Waals surface area contributed by atoms with Gasteiger partial charge in [-0.3, -0.25) is 0 Å². The third-order valence-corrected chi connectivity index (χ3v) is 5.41. The van der Waals surface area contributed by atoms with Gasteiger partial charge in [-0.2, -0.15) is 10.5 Å². The Balaban J connectivity index is 3.27. The lowest BCUT2D eigenvalue weighted by molar-refractivity contribution is 0.278. The maximum Gasteiger partial charge on any atom is 0.0635 e. The molecule has 3 nitrogen and oxygen atoms in total. The monoisotopic (exact) mass is 375 g/mol. The van der Waals surface area contributed by atoms with Crippen LogP contribution in [0.4, 0.5) is 0 Å². The molecule has 0 N–H and O–H groups in total. The quantitative estimate of drug-likeness (QED) is 0.197. The van der Waals surface area contributed by atoms with Crippen LogP contribution in [-0.4, -0.2) is 24.5 Å². The minimum atomic E-state index is 0.574. The Morgan fingerprint density at radius 1 is 0.481 bits per heavy atom. The van der Waals surface area contributed by atoms with Gasteiger partial charge in [0, 0.05) is 25.9 Å². The molecule has 0 amide bonds. The van der Waals surface area contributed by atoms with Crippen LogP contribution in [0.3, 0.4) is 0 Å². The van der Waals surface area contributed by atoms with E-state index in [0.717, 1.165) is 19.6 Å². The zero-order chi connectivity index (χ0) is 19.8. The van der Waals surface area contributed by atoms with Gasteiger partial charge in [0.15, 0.2) is 0 Å². The lowest BCUT2D eigenvalue weighted by atomic mass is 10.0. The predicted molar refractivity (Wildman–Crippen MR) is 116 cm³/mol. The molecule has 0 aliphatic heterocycles. The lowest BCUT2D eigenvalue weighted by Crippen LogP contribution is -2.26. The third-order valence-electron chi connectivity index (χ3n) is 5.41. The van der Waals surface area contributed by atoms with Gasteiger partial charge in [0.25, 0.3) is 0 Å². The summed E-state index contributed by atoms with van der Waals surface area (Å²) in [6, 6.07) is 4.41. The van der Waals surface area contributed by atoms with Crippen LogP contribution in [0.15, 0.2) is 0 Å². The Labute approximate surface area is 170 Å². The Kier molecular flexibility index (Phi) is 22.1. The molecule has 0 bridgehead atoms. The normalized spacial score (nSPS) is 10.8. The highest BCUT2D eigenvalue weighted by Gasteiger charge is 2.03. The van der Waals surface area contributed by atoms with Crippen LogP contribution in [-0.2, 0) is 0 Å². The minimum Gasteiger partial charge on any atom is -0.301 e. The molecule has 0 aromatic heterocycles. The van der Waals surface area contributed by atoms with Crippen molar-refractivity contribution in [1.82, 2.24) is 4.90 Å². The predicted octanol–water partition coefficient (Wildman–Crippen LogP) is 7.38. The van der Waals surface area contributed by atoms with Crippen LogP contribution in [0.2, 0.25) is 0 Å². The van der Waals surface area contributed by atoms with Gasteiger partial charge in [-0.15, -0.1) is 0 Å². The summed E-state index contributed by atoms with van der Waals surface area (Å²) in [7, 11) is 0. The first-order valence-corrected chi connectivity index (χ1v) is 11.8. The Morgan fingerprint density at radius 2 is 0.815 bits per heavy atom. The van der Waals surface area contributed by atoms with E-state index in [2.05, 4.69) is 24.0 Å². The van der Waals surface area contributed by atoms with Crippen molar-refractivity contribution < 1.29 is 0 Å². The van der Waals surface area contributed by atoms with Crippen molar-refractivity contribution in [3.8, 4) is 12.1 Å². The maximum absolute atomic E-state index is 8.71. The second kappa shape index (κ2) is 23.0. The summed E-state index contributed by atoms with van der Waals surface area (Å²) in [5.74, 6) is 0. The van der Waals surface area contributed by atoms with Crippen molar-refractivity contribution in [2.45, 2.75) is 122 Å². The largest absolute Gasteiger partial charge is 0.301 e. The summed E-state index contributed by atoms with van der Waals surface area (Å²) in [6.07, 6.45) is 23.4. The van der Waals surface area contributed by atoms with Crippen molar-refractivity contribution in [3.63, 3.8) is 0 Å². The average molecular weight is 376 g/mol. The smallest absolute Gasteiger partial charge is 0.0635 e. The van der Waals surface area contributed by atoms with E-state index in [4.69, 9.17) is 10.5 Å². The molecular weight excluding hydrogens is 330 g/mol. The second-order valence-corrected chi connectivity index (χ2v) is 7.96. The molecule has 0 heterocycles. The SMILES string of the molecule is CCCCCCCCCCCCCCCCCCN(CCC#N)CCC#N. The van der Waals surface area contributed by atoms with Crippen LogP contribution in [0.5, 0.6) is 0 Å². The molecule has 27 heavy (non-hydrogen) atoms. The van der Waals surface area contributed by atoms with E-state index in [1.54, 1.807) is 0 Å². The highest BCUT2D eigenvalue weighted by Crippen LogP contribution is 2.13. The molecule has 0 rings (SSSR count). The number of rotatable bonds is 21. The molecule has 0 radical (unpaired) electrons. The topological polar surface area (TPSA) is 50.8 Å². The van der Waals surface area contributed by atoms with E-state index in [1.165, 1.54) is 103 Å². The molecule has 0 saturated carbocycles. The molecule has 0 aliphatic rings. The Morgan fingerprint density at radius 3 is 1.15 bits per heavy atom. The van der Waals surface area contributed by atoms with Crippen LogP contribution in [0, 0.1) is 22.7 Å². The minimum absolute atomic E-state index is 0.574. The van der Waals surface area contributed by atoms with E-state index in [-0.39, 0.29) is 0 Å². The molecular formula is C24H45N3. The van der Waals surface area contributed by atoms with E-state index in [1.807, 2.05) is 0 Å². The highest BCUT2D eigenvalue weighted by atomic mass is 15.1. The van der Waals surface area contributed by atoms with Gasteiger partial charge in [0.2, 0.25) is 0 Å². The third kappa shape index (κ3) is 21.1. The highest BCUT2D eigenvalue weighted by molar-refractivity contribution is 4.76. The van der Waals surface area contributed by atoms with Gasteiger partial charge >= 0.3 is 0 Å². The molecule has 0 saturated heterocycles. The van der Waals surface area contributed by atoms with Crippen molar-refractivity contribution in [2.24, 2.45) is 0 Å². The molecule has 156 valence electrons. The number of nitriles is 2. The summed E-state index contributed by atoms with van der Waals surface area (Å²) in [5.41, 5.74) is 0. The van der Waals surface area contributed by atoms with E-state index in [9.17, 15) is 0 Å². The second-order valence-electron chi connectivity index (χ2n) is 7.96. The summed E-state index contributed by atoms with van der Waals surface area (Å²) >= 11 is 0. The molecule has 0 fully saturated rings. The van der Waals surface area contributed by atoms with E-state index < -0.39 is 0 Å². The zero-order valence-electron chi connectivity index (χ0n) is 18.2. The standard InChI is InChI=1S/C24H45N3/c1-2-3-4-5-6-7-8-9-10-11-12-13-14-15-16-17-22-27(23-18-20-25)24-19-21-26/h2-19,22-24H2,1H3. The molecule has 0 aliphatic carbocycles. The van der Waals surface area contributed by atoms with Gasteiger partial charge in [-0.25, -0.2) is 0 Å². The fourth-order valence-corrected chi connectivity index (χ4v) is 3.64. The van der Waals surface area contributed by atoms with Gasteiger partial charge in [0.05, 0.1) is 12.1 Å².